The zero-order valence-corrected chi connectivity index (χ0v) is 13.3. The highest BCUT2D eigenvalue weighted by Crippen LogP contribution is 2.33. The van der Waals surface area contributed by atoms with Crippen LogP contribution in [0.4, 0.5) is 0 Å². The van der Waals surface area contributed by atoms with Gasteiger partial charge in [0.15, 0.2) is 0 Å². The molecule has 0 aliphatic carbocycles. The number of nitrogens with one attached hydrogen (secondary N) is 1. The molecule has 1 aliphatic heterocycles. The lowest BCUT2D eigenvalue weighted by Crippen LogP contribution is -2.40. The molecule has 0 saturated carbocycles. The van der Waals surface area contributed by atoms with Crippen LogP contribution in [-0.2, 0) is 4.74 Å². The van der Waals surface area contributed by atoms with Gasteiger partial charge in [-0.15, -0.1) is 11.3 Å². The van der Waals surface area contributed by atoms with Crippen LogP contribution in [0, 0.1) is 5.41 Å². The predicted octanol–water partition coefficient (Wildman–Crippen LogP) is 4.37. The molecule has 1 aromatic carbocycles. The van der Waals surface area contributed by atoms with E-state index in [9.17, 15) is 0 Å². The van der Waals surface area contributed by atoms with Gasteiger partial charge >= 0.3 is 0 Å². The summed E-state index contributed by atoms with van der Waals surface area (Å²) in [6.45, 7) is 8.64. The van der Waals surface area contributed by atoms with Crippen molar-refractivity contribution >= 4 is 21.4 Å². The molecule has 3 heteroatoms. The van der Waals surface area contributed by atoms with Gasteiger partial charge in [0.1, 0.15) is 6.10 Å². The summed E-state index contributed by atoms with van der Waals surface area (Å²) in [5, 5.41) is 5.02. The van der Waals surface area contributed by atoms with Crippen LogP contribution in [0.25, 0.3) is 10.1 Å². The van der Waals surface area contributed by atoms with Gasteiger partial charge in [0.25, 0.3) is 0 Å². The molecule has 1 fully saturated rings. The Hall–Kier alpha value is -0.900. The minimum absolute atomic E-state index is 0.194. The van der Waals surface area contributed by atoms with Crippen molar-refractivity contribution in [1.82, 2.24) is 5.32 Å². The summed E-state index contributed by atoms with van der Waals surface area (Å²) in [6, 6.07) is 11.4. The smallest absolute Gasteiger partial charge is 0.104 e. The fourth-order valence-corrected chi connectivity index (χ4v) is 3.94. The van der Waals surface area contributed by atoms with E-state index in [0.29, 0.717) is 11.5 Å². The summed E-state index contributed by atoms with van der Waals surface area (Å²) in [7, 11) is 0. The summed E-state index contributed by atoms with van der Waals surface area (Å²) in [6.07, 6.45) is 1.28. The van der Waals surface area contributed by atoms with Crippen molar-refractivity contribution < 1.29 is 4.74 Å². The first kappa shape index (κ1) is 14.1. The molecule has 1 aliphatic rings. The van der Waals surface area contributed by atoms with E-state index in [0.717, 1.165) is 19.6 Å². The lowest BCUT2D eigenvalue weighted by molar-refractivity contribution is 0.0678. The van der Waals surface area contributed by atoms with Crippen LogP contribution in [0.15, 0.2) is 30.3 Å². The molecule has 2 unspecified atom stereocenters. The Morgan fingerprint density at radius 2 is 2.05 bits per heavy atom. The van der Waals surface area contributed by atoms with Crippen LogP contribution in [0.3, 0.4) is 0 Å². The van der Waals surface area contributed by atoms with Crippen molar-refractivity contribution in [2.75, 3.05) is 13.2 Å². The third-order valence-electron chi connectivity index (χ3n) is 4.08. The van der Waals surface area contributed by atoms with Gasteiger partial charge in [-0.25, -0.2) is 0 Å². The number of ether oxygens (including phenoxy) is 1. The maximum Gasteiger partial charge on any atom is 0.104 e. The van der Waals surface area contributed by atoms with Gasteiger partial charge in [0.05, 0.1) is 0 Å². The minimum atomic E-state index is 0.194. The number of fused-ring (bicyclic) bond motifs is 1. The topological polar surface area (TPSA) is 21.3 Å². The molecule has 2 atom stereocenters. The van der Waals surface area contributed by atoms with Gasteiger partial charge in [-0.3, -0.25) is 0 Å². The highest BCUT2D eigenvalue weighted by atomic mass is 32.1. The number of hydrogen-bond donors (Lipinski definition) is 1. The van der Waals surface area contributed by atoms with E-state index in [1.165, 1.54) is 15.0 Å². The summed E-state index contributed by atoms with van der Waals surface area (Å²) >= 11 is 1.86. The first-order chi connectivity index (χ1) is 9.54. The van der Waals surface area contributed by atoms with E-state index >= 15 is 0 Å². The lowest BCUT2D eigenvalue weighted by Gasteiger charge is -2.30. The van der Waals surface area contributed by atoms with Gasteiger partial charge < -0.3 is 10.1 Å². The average molecular weight is 289 g/mol. The Morgan fingerprint density at radius 3 is 2.80 bits per heavy atom. The van der Waals surface area contributed by atoms with E-state index in [4.69, 9.17) is 4.74 Å². The van der Waals surface area contributed by atoms with Crippen LogP contribution in [0.2, 0.25) is 0 Å². The Bertz CT molecular complexity index is 551. The average Bonchev–Trinajstić information content (AvgIpc) is 2.65. The summed E-state index contributed by atoms with van der Waals surface area (Å²) in [5.74, 6) is 0. The lowest BCUT2D eigenvalue weighted by atomic mass is 9.85. The Labute approximate surface area is 125 Å². The fourth-order valence-electron chi connectivity index (χ4n) is 2.82. The van der Waals surface area contributed by atoms with E-state index in [2.05, 4.69) is 56.4 Å². The molecular formula is C17H23NOS. The molecule has 2 nitrogen and oxygen atoms in total. The van der Waals surface area contributed by atoms with E-state index in [1.807, 2.05) is 11.3 Å². The molecule has 1 aromatic heterocycles. The predicted molar refractivity (Wildman–Crippen MR) is 86.4 cm³/mol. The zero-order valence-electron chi connectivity index (χ0n) is 12.5. The second kappa shape index (κ2) is 5.47. The Morgan fingerprint density at radius 1 is 1.25 bits per heavy atom. The van der Waals surface area contributed by atoms with E-state index in [-0.39, 0.29) is 6.10 Å². The third kappa shape index (κ3) is 2.90. The summed E-state index contributed by atoms with van der Waals surface area (Å²) in [4.78, 5) is 1.34. The summed E-state index contributed by atoms with van der Waals surface area (Å²) in [5.41, 5.74) is 0.290. The standard InChI is InChI=1S/C17H23NOS/c1-17(2,3)16-8-9-19-13(11-18-16)15-10-12-6-4-5-7-14(12)20-15/h4-7,10,13,16,18H,8-9,11H2,1-3H3. The number of hydrogen-bond acceptors (Lipinski definition) is 3. The molecule has 0 bridgehead atoms. The van der Waals surface area contributed by atoms with Crippen LogP contribution in [0.5, 0.6) is 0 Å². The number of rotatable bonds is 1. The third-order valence-corrected chi connectivity index (χ3v) is 5.29. The molecule has 20 heavy (non-hydrogen) atoms. The fraction of sp³-hybridized carbons (Fsp3) is 0.529. The number of benzene rings is 1. The first-order valence-corrected chi connectivity index (χ1v) is 8.19. The monoisotopic (exact) mass is 289 g/mol. The SMILES string of the molecule is CC(C)(C)C1CCOC(c2cc3ccccc3s2)CN1. The molecule has 108 valence electrons. The molecule has 2 heterocycles. The highest BCUT2D eigenvalue weighted by molar-refractivity contribution is 7.19. The zero-order chi connectivity index (χ0) is 14.2. The second-order valence-corrected chi connectivity index (χ2v) is 7.78. The second-order valence-electron chi connectivity index (χ2n) is 6.66. The van der Waals surface area contributed by atoms with Crippen molar-refractivity contribution in [3.8, 4) is 0 Å². The van der Waals surface area contributed by atoms with Gasteiger partial charge in [-0.2, -0.15) is 0 Å². The number of thiophene rings is 1. The van der Waals surface area contributed by atoms with Gasteiger partial charge in [-0.1, -0.05) is 39.0 Å². The molecule has 1 saturated heterocycles. The van der Waals surface area contributed by atoms with Crippen molar-refractivity contribution in [2.45, 2.75) is 39.3 Å². The van der Waals surface area contributed by atoms with Crippen molar-refractivity contribution in [1.29, 1.82) is 0 Å². The normalized spacial score (nSPS) is 24.8. The quantitative estimate of drug-likeness (QED) is 0.842. The Kier molecular flexibility index (Phi) is 3.85. The largest absolute Gasteiger partial charge is 0.371 e. The van der Waals surface area contributed by atoms with Crippen LogP contribution in [-0.4, -0.2) is 19.2 Å². The van der Waals surface area contributed by atoms with Crippen LogP contribution >= 0.6 is 11.3 Å². The molecule has 3 rings (SSSR count). The molecule has 1 N–H and O–H groups in total. The van der Waals surface area contributed by atoms with Crippen molar-refractivity contribution in [2.24, 2.45) is 5.41 Å². The van der Waals surface area contributed by atoms with Crippen molar-refractivity contribution in [3.63, 3.8) is 0 Å². The first-order valence-electron chi connectivity index (χ1n) is 7.37. The molecule has 0 amide bonds. The van der Waals surface area contributed by atoms with Gasteiger partial charge in [0.2, 0.25) is 0 Å². The highest BCUT2D eigenvalue weighted by Gasteiger charge is 2.28. The van der Waals surface area contributed by atoms with Crippen LogP contribution in [0.1, 0.15) is 38.2 Å². The van der Waals surface area contributed by atoms with Crippen LogP contribution < -0.4 is 5.32 Å². The molecule has 0 radical (unpaired) electrons. The maximum atomic E-state index is 6.09. The van der Waals surface area contributed by atoms with E-state index in [1.54, 1.807) is 0 Å². The maximum absolute atomic E-state index is 6.09. The minimum Gasteiger partial charge on any atom is -0.371 e. The van der Waals surface area contributed by atoms with Gasteiger partial charge in [0, 0.05) is 28.8 Å². The molecule has 0 spiro atoms. The molecular weight excluding hydrogens is 266 g/mol. The summed E-state index contributed by atoms with van der Waals surface area (Å²) < 4.78 is 7.44. The van der Waals surface area contributed by atoms with Gasteiger partial charge in [-0.05, 0) is 29.4 Å². The van der Waals surface area contributed by atoms with E-state index < -0.39 is 0 Å². The molecule has 2 aromatic rings. The Balaban J connectivity index is 1.77. The van der Waals surface area contributed by atoms with Crippen molar-refractivity contribution in [3.05, 3.63) is 35.2 Å².